The van der Waals surface area contributed by atoms with Crippen LogP contribution < -0.4 is 11.1 Å². The van der Waals surface area contributed by atoms with Gasteiger partial charge in [-0.3, -0.25) is 4.79 Å². The molecule has 2 rings (SSSR count). The first-order chi connectivity index (χ1) is 11.5. The lowest BCUT2D eigenvalue weighted by molar-refractivity contribution is -0.135. The Morgan fingerprint density at radius 3 is 2.54 bits per heavy atom. The Kier molecular flexibility index (Phi) is 7.34. The maximum absolute atomic E-state index is 12.7. The molecule has 0 spiro atoms. The van der Waals surface area contributed by atoms with E-state index in [-0.39, 0.29) is 5.91 Å². The number of urea groups is 1. The summed E-state index contributed by atoms with van der Waals surface area (Å²) in [6.07, 6.45) is 6.31. The van der Waals surface area contributed by atoms with Gasteiger partial charge < -0.3 is 20.9 Å². The molecule has 6 heteroatoms. The molecular weight excluding hydrogens is 304 g/mol. The van der Waals surface area contributed by atoms with Crippen LogP contribution in [0.15, 0.2) is 0 Å². The predicted octanol–water partition coefficient (Wildman–Crippen LogP) is 1.79. The van der Waals surface area contributed by atoms with Gasteiger partial charge in [-0.25, -0.2) is 4.79 Å². The molecule has 2 fully saturated rings. The van der Waals surface area contributed by atoms with Crippen LogP contribution in [0.2, 0.25) is 0 Å². The average Bonchev–Trinajstić information content (AvgIpc) is 2.56. The molecule has 0 unspecified atom stereocenters. The van der Waals surface area contributed by atoms with Gasteiger partial charge in [0.2, 0.25) is 5.91 Å². The highest BCUT2D eigenvalue weighted by Gasteiger charge is 2.30. The molecule has 0 bridgehead atoms. The van der Waals surface area contributed by atoms with Crippen molar-refractivity contribution in [3.63, 3.8) is 0 Å². The standard InChI is InChI=1S/C18H34N4O2/c1-3-5-16(20-18(19)24)17(23)22-9-4-6-15(13-22)12-21-10-7-14(2)8-11-21/h14-16H,3-13H2,1-2H3,(H3,19,20,24)/t15-,16-/m1/s1. The molecule has 3 N–H and O–H groups in total. The quantitative estimate of drug-likeness (QED) is 0.775. The van der Waals surface area contributed by atoms with E-state index in [1.807, 2.05) is 11.8 Å². The number of carbonyl (C=O) groups excluding carboxylic acids is 2. The molecule has 6 nitrogen and oxygen atoms in total. The largest absolute Gasteiger partial charge is 0.352 e. The van der Waals surface area contributed by atoms with Gasteiger partial charge in [-0.15, -0.1) is 0 Å². The van der Waals surface area contributed by atoms with Gasteiger partial charge in [0.25, 0.3) is 0 Å². The molecule has 0 saturated carbocycles. The van der Waals surface area contributed by atoms with Crippen LogP contribution in [0.3, 0.4) is 0 Å². The number of amides is 3. The number of nitrogens with two attached hydrogens (primary N) is 1. The van der Waals surface area contributed by atoms with E-state index in [4.69, 9.17) is 5.73 Å². The van der Waals surface area contributed by atoms with Crippen LogP contribution in [-0.2, 0) is 4.79 Å². The number of nitrogens with one attached hydrogen (secondary N) is 1. The smallest absolute Gasteiger partial charge is 0.312 e. The van der Waals surface area contributed by atoms with Gasteiger partial charge >= 0.3 is 6.03 Å². The van der Waals surface area contributed by atoms with Crippen LogP contribution in [0.5, 0.6) is 0 Å². The molecule has 24 heavy (non-hydrogen) atoms. The third kappa shape index (κ3) is 5.65. The molecule has 0 aromatic carbocycles. The summed E-state index contributed by atoms with van der Waals surface area (Å²) >= 11 is 0. The number of primary amides is 1. The van der Waals surface area contributed by atoms with Crippen molar-refractivity contribution in [1.29, 1.82) is 0 Å². The molecule has 0 aromatic rings. The van der Waals surface area contributed by atoms with Gasteiger partial charge in [0.1, 0.15) is 6.04 Å². The number of carbonyl (C=O) groups is 2. The summed E-state index contributed by atoms with van der Waals surface area (Å²) < 4.78 is 0. The van der Waals surface area contributed by atoms with Crippen molar-refractivity contribution >= 4 is 11.9 Å². The van der Waals surface area contributed by atoms with Crippen LogP contribution in [0, 0.1) is 11.8 Å². The zero-order chi connectivity index (χ0) is 17.5. The molecule has 2 heterocycles. The summed E-state index contributed by atoms with van der Waals surface area (Å²) in [6, 6.07) is -1.08. The summed E-state index contributed by atoms with van der Waals surface area (Å²) in [7, 11) is 0. The van der Waals surface area contributed by atoms with Gasteiger partial charge in [-0.2, -0.15) is 0 Å². The van der Waals surface area contributed by atoms with E-state index in [0.29, 0.717) is 12.3 Å². The highest BCUT2D eigenvalue weighted by molar-refractivity contribution is 5.86. The van der Waals surface area contributed by atoms with Crippen molar-refractivity contribution in [2.45, 2.75) is 58.4 Å². The maximum Gasteiger partial charge on any atom is 0.312 e. The van der Waals surface area contributed by atoms with Gasteiger partial charge in [-0.1, -0.05) is 20.3 Å². The average molecular weight is 338 g/mol. The third-order valence-corrected chi connectivity index (χ3v) is 5.42. The Bertz CT molecular complexity index is 421. The highest BCUT2D eigenvalue weighted by Crippen LogP contribution is 2.22. The number of hydrogen-bond donors (Lipinski definition) is 2. The van der Waals surface area contributed by atoms with Crippen molar-refractivity contribution in [3.8, 4) is 0 Å². The lowest BCUT2D eigenvalue weighted by Gasteiger charge is -2.38. The van der Waals surface area contributed by atoms with E-state index in [1.54, 1.807) is 0 Å². The zero-order valence-corrected chi connectivity index (χ0v) is 15.3. The van der Waals surface area contributed by atoms with Crippen LogP contribution in [-0.4, -0.2) is 60.5 Å². The normalized spacial score (nSPS) is 24.6. The Labute approximate surface area is 146 Å². The van der Waals surface area contributed by atoms with Crippen molar-refractivity contribution in [2.24, 2.45) is 17.6 Å². The summed E-state index contributed by atoms with van der Waals surface area (Å²) in [6.45, 7) is 9.43. The first-order valence-corrected chi connectivity index (χ1v) is 9.56. The van der Waals surface area contributed by atoms with Crippen molar-refractivity contribution in [2.75, 3.05) is 32.7 Å². The number of piperidine rings is 2. The highest BCUT2D eigenvalue weighted by atomic mass is 16.2. The van der Waals surface area contributed by atoms with Gasteiger partial charge in [0.15, 0.2) is 0 Å². The molecule has 2 aliphatic rings. The second-order valence-electron chi connectivity index (χ2n) is 7.63. The topological polar surface area (TPSA) is 78.7 Å². The van der Waals surface area contributed by atoms with Crippen molar-refractivity contribution < 1.29 is 9.59 Å². The first-order valence-electron chi connectivity index (χ1n) is 9.56. The van der Waals surface area contributed by atoms with Crippen molar-refractivity contribution in [1.82, 2.24) is 15.1 Å². The van der Waals surface area contributed by atoms with E-state index in [2.05, 4.69) is 17.1 Å². The molecule has 0 aromatic heterocycles. The van der Waals surface area contributed by atoms with Crippen LogP contribution in [0.4, 0.5) is 4.79 Å². The Hall–Kier alpha value is -1.30. The number of nitrogens with zero attached hydrogens (tertiary/aromatic N) is 2. The summed E-state index contributed by atoms with van der Waals surface area (Å²) in [4.78, 5) is 28.4. The zero-order valence-electron chi connectivity index (χ0n) is 15.3. The Morgan fingerprint density at radius 1 is 1.21 bits per heavy atom. The second-order valence-corrected chi connectivity index (χ2v) is 7.63. The van der Waals surface area contributed by atoms with E-state index >= 15 is 0 Å². The maximum atomic E-state index is 12.7. The van der Waals surface area contributed by atoms with Gasteiger partial charge in [0, 0.05) is 19.6 Å². The van der Waals surface area contributed by atoms with Crippen molar-refractivity contribution in [3.05, 3.63) is 0 Å². The summed E-state index contributed by atoms with van der Waals surface area (Å²) in [5, 5.41) is 2.62. The molecule has 0 aliphatic carbocycles. The minimum absolute atomic E-state index is 0.0348. The number of likely N-dealkylation sites (tertiary alicyclic amines) is 2. The van der Waals surface area contributed by atoms with E-state index in [9.17, 15) is 9.59 Å². The lowest BCUT2D eigenvalue weighted by Crippen LogP contribution is -2.53. The first kappa shape index (κ1) is 19.0. The fourth-order valence-electron chi connectivity index (χ4n) is 3.96. The molecule has 2 atom stereocenters. The number of rotatable bonds is 6. The predicted molar refractivity (Wildman–Crippen MR) is 95.6 cm³/mol. The van der Waals surface area contributed by atoms with E-state index in [0.717, 1.165) is 38.4 Å². The Balaban J connectivity index is 1.86. The summed E-state index contributed by atoms with van der Waals surface area (Å²) in [5.41, 5.74) is 5.23. The Morgan fingerprint density at radius 2 is 1.92 bits per heavy atom. The van der Waals surface area contributed by atoms with Gasteiger partial charge in [-0.05, 0) is 57.0 Å². The fraction of sp³-hybridized carbons (Fsp3) is 0.889. The lowest BCUT2D eigenvalue weighted by atomic mass is 9.94. The summed E-state index contributed by atoms with van der Waals surface area (Å²) in [5.74, 6) is 1.43. The second kappa shape index (κ2) is 9.25. The van der Waals surface area contributed by atoms with E-state index < -0.39 is 12.1 Å². The molecule has 3 amide bonds. The molecule has 2 saturated heterocycles. The monoisotopic (exact) mass is 338 g/mol. The third-order valence-electron chi connectivity index (χ3n) is 5.42. The molecule has 138 valence electrons. The molecule has 0 radical (unpaired) electrons. The van der Waals surface area contributed by atoms with Crippen LogP contribution in [0.1, 0.15) is 52.4 Å². The SMILES string of the molecule is CCC[C@@H](NC(N)=O)C(=O)N1CCC[C@H](CN2CCC(C)CC2)C1. The number of hydrogen-bond acceptors (Lipinski definition) is 3. The minimum Gasteiger partial charge on any atom is -0.352 e. The fourth-order valence-corrected chi connectivity index (χ4v) is 3.96. The molecular formula is C18H34N4O2. The van der Waals surface area contributed by atoms with Crippen LogP contribution >= 0.6 is 0 Å². The van der Waals surface area contributed by atoms with Crippen LogP contribution in [0.25, 0.3) is 0 Å². The minimum atomic E-state index is -0.613. The van der Waals surface area contributed by atoms with E-state index in [1.165, 1.54) is 32.4 Å². The molecule has 2 aliphatic heterocycles. The van der Waals surface area contributed by atoms with Gasteiger partial charge in [0.05, 0.1) is 0 Å².